The van der Waals surface area contributed by atoms with Crippen molar-refractivity contribution in [3.63, 3.8) is 0 Å². The lowest BCUT2D eigenvalue weighted by molar-refractivity contribution is 1.28. The van der Waals surface area contributed by atoms with Crippen molar-refractivity contribution in [3.8, 4) is 33.4 Å². The Kier molecular flexibility index (Phi) is 9.79. The summed E-state index contributed by atoms with van der Waals surface area (Å²) in [7, 11) is 0. The van der Waals surface area contributed by atoms with Crippen LogP contribution in [0, 0.1) is 12.3 Å². The van der Waals surface area contributed by atoms with Gasteiger partial charge in [-0.1, -0.05) is 135 Å². The summed E-state index contributed by atoms with van der Waals surface area (Å²) in [6, 6.07) is 46.3. The first-order valence-electron chi connectivity index (χ1n) is 15.9. The van der Waals surface area contributed by atoms with Crippen LogP contribution >= 0.6 is 0 Å². The molecule has 0 atom stereocenters. The van der Waals surface area contributed by atoms with Gasteiger partial charge >= 0.3 is 0 Å². The Balaban J connectivity index is 1.30. The number of pyridine rings is 1. The molecule has 1 aromatic heterocycles. The molecule has 0 aliphatic carbocycles. The smallest absolute Gasteiger partial charge is 0.0717 e. The lowest BCUT2D eigenvalue weighted by Gasteiger charge is -2.15. The summed E-state index contributed by atoms with van der Waals surface area (Å²) in [5.41, 5.74) is 14.4. The molecule has 232 valence electrons. The molecule has 0 spiro atoms. The number of rotatable bonds is 11. The molecule has 6 aromatic rings. The predicted molar refractivity (Wildman–Crippen MR) is 206 cm³/mol. The van der Waals surface area contributed by atoms with Gasteiger partial charge in [-0.05, 0) is 87.8 Å². The van der Waals surface area contributed by atoms with Gasteiger partial charge < -0.3 is 10.7 Å². The summed E-state index contributed by atoms with van der Waals surface area (Å²) in [6.07, 6.45) is 10.8. The minimum absolute atomic E-state index is 0.720. The van der Waals surface area contributed by atoms with Crippen molar-refractivity contribution >= 4 is 34.8 Å². The van der Waals surface area contributed by atoms with Crippen molar-refractivity contribution in [2.45, 2.75) is 6.92 Å². The number of para-hydroxylation sites is 1. The fourth-order valence-corrected chi connectivity index (χ4v) is 5.64. The lowest BCUT2D eigenvalue weighted by atomic mass is 9.95. The molecule has 48 heavy (non-hydrogen) atoms. The highest BCUT2D eigenvalue weighted by molar-refractivity contribution is 6.08. The zero-order valence-corrected chi connectivity index (χ0v) is 27.0. The van der Waals surface area contributed by atoms with E-state index in [4.69, 9.17) is 5.41 Å². The maximum absolute atomic E-state index is 7.67. The first kappa shape index (κ1) is 31.7. The zero-order valence-electron chi connectivity index (χ0n) is 27.0. The van der Waals surface area contributed by atoms with Crippen LogP contribution in [0.2, 0.25) is 0 Å². The molecule has 0 amide bonds. The summed E-state index contributed by atoms with van der Waals surface area (Å²) < 4.78 is 0. The Bertz CT molecular complexity index is 2140. The van der Waals surface area contributed by atoms with E-state index >= 15 is 0 Å². The zero-order chi connectivity index (χ0) is 33.3. The molecular weight excluding hydrogens is 583 g/mol. The summed E-state index contributed by atoms with van der Waals surface area (Å²) in [4.78, 5) is 4.60. The van der Waals surface area contributed by atoms with Gasteiger partial charge in [0.15, 0.2) is 0 Å². The Morgan fingerprint density at radius 2 is 1.33 bits per heavy atom. The second-order valence-electron chi connectivity index (χ2n) is 11.6. The lowest BCUT2D eigenvalue weighted by Crippen LogP contribution is -1.96. The third-order valence-corrected chi connectivity index (χ3v) is 8.31. The third-order valence-electron chi connectivity index (χ3n) is 8.31. The number of aryl methyl sites for hydroxylation is 1. The first-order valence-corrected chi connectivity index (χ1v) is 15.9. The van der Waals surface area contributed by atoms with Crippen molar-refractivity contribution in [2.24, 2.45) is 0 Å². The average molecular weight is 620 g/mol. The Morgan fingerprint density at radius 1 is 0.688 bits per heavy atom. The Morgan fingerprint density at radius 3 is 2.04 bits per heavy atom. The molecule has 0 radical (unpaired) electrons. The number of aromatic nitrogens is 1. The topological polar surface area (TPSA) is 48.8 Å². The number of hydrogen-bond acceptors (Lipinski definition) is 3. The van der Waals surface area contributed by atoms with E-state index in [0.717, 1.165) is 61.6 Å². The summed E-state index contributed by atoms with van der Waals surface area (Å²) >= 11 is 0. The molecule has 0 saturated carbocycles. The van der Waals surface area contributed by atoms with E-state index in [1.807, 2.05) is 42.6 Å². The SMILES string of the molecule is C=C/C=C(\C=N)c1ccc(-c2ccc(C)c(/C=C\C(=C)c3ccc(-c4cccc(-c5ccccc5)c4)cc3Nc3ccccc3)c2)cn1. The number of nitrogens with one attached hydrogen (secondary N) is 2. The molecule has 6 rings (SSSR count). The van der Waals surface area contributed by atoms with Crippen molar-refractivity contribution in [1.82, 2.24) is 4.98 Å². The van der Waals surface area contributed by atoms with E-state index < -0.39 is 0 Å². The van der Waals surface area contributed by atoms with Gasteiger partial charge in [0, 0.05) is 40.5 Å². The quantitative estimate of drug-likeness (QED) is 0.112. The van der Waals surface area contributed by atoms with Crippen molar-refractivity contribution < 1.29 is 0 Å². The van der Waals surface area contributed by atoms with E-state index in [2.05, 4.69) is 140 Å². The Labute approximate surface area is 283 Å². The summed E-state index contributed by atoms with van der Waals surface area (Å²) in [6.45, 7) is 10.3. The van der Waals surface area contributed by atoms with Crippen LogP contribution in [0.4, 0.5) is 11.4 Å². The summed E-state index contributed by atoms with van der Waals surface area (Å²) in [5, 5.41) is 11.3. The largest absolute Gasteiger partial charge is 0.355 e. The molecule has 3 heteroatoms. The number of hydrogen-bond donors (Lipinski definition) is 2. The molecule has 2 N–H and O–H groups in total. The number of anilines is 2. The average Bonchev–Trinajstić information content (AvgIpc) is 3.14. The predicted octanol–water partition coefficient (Wildman–Crippen LogP) is 12.1. The van der Waals surface area contributed by atoms with Crippen LogP contribution in [0.15, 0.2) is 171 Å². The fraction of sp³-hybridized carbons (Fsp3) is 0.0222. The number of nitrogens with zero attached hydrogens (tertiary/aromatic N) is 1. The Hall–Kier alpha value is -6.32. The highest BCUT2D eigenvalue weighted by atomic mass is 14.9. The molecule has 0 aliphatic rings. The standard InChI is InChI=1S/C45H37N3/c1-4-12-40(30-46)44-26-24-41(31-47-44)38-22-19-32(2)35(27-38)21-20-33(3)43-25-23-39(29-45(43)48-42-17-9-6-10-18-42)37-16-11-15-36(28-37)34-13-7-5-8-14-34/h4-31,46,48H,1,3H2,2H3/b21-20-,40-12+,46-30?. The molecule has 0 bridgehead atoms. The van der Waals surface area contributed by atoms with Gasteiger partial charge in [0.05, 0.1) is 5.69 Å². The van der Waals surface area contributed by atoms with Crippen LogP contribution in [0.1, 0.15) is 22.4 Å². The number of benzene rings is 5. The van der Waals surface area contributed by atoms with Gasteiger partial charge in [-0.2, -0.15) is 0 Å². The second-order valence-corrected chi connectivity index (χ2v) is 11.6. The highest BCUT2D eigenvalue weighted by Crippen LogP contribution is 2.34. The second kappa shape index (κ2) is 14.8. The third kappa shape index (κ3) is 7.38. The van der Waals surface area contributed by atoms with E-state index in [1.165, 1.54) is 22.9 Å². The molecule has 5 aromatic carbocycles. The van der Waals surface area contributed by atoms with Crippen LogP contribution in [-0.4, -0.2) is 11.2 Å². The molecule has 0 saturated heterocycles. The maximum Gasteiger partial charge on any atom is 0.0717 e. The molecular formula is C45H37N3. The van der Waals surface area contributed by atoms with Gasteiger partial charge in [-0.15, -0.1) is 0 Å². The molecule has 3 nitrogen and oxygen atoms in total. The van der Waals surface area contributed by atoms with Gasteiger partial charge in [0.2, 0.25) is 0 Å². The van der Waals surface area contributed by atoms with E-state index in [9.17, 15) is 0 Å². The maximum atomic E-state index is 7.67. The molecule has 1 heterocycles. The fourth-order valence-electron chi connectivity index (χ4n) is 5.64. The van der Waals surface area contributed by atoms with E-state index in [0.29, 0.717) is 0 Å². The van der Waals surface area contributed by atoms with E-state index in [-0.39, 0.29) is 0 Å². The van der Waals surface area contributed by atoms with Crippen molar-refractivity contribution in [3.05, 3.63) is 193 Å². The minimum Gasteiger partial charge on any atom is -0.355 e. The van der Waals surface area contributed by atoms with Crippen molar-refractivity contribution in [2.75, 3.05) is 5.32 Å². The van der Waals surface area contributed by atoms with Gasteiger partial charge in [-0.25, -0.2) is 0 Å². The molecule has 0 aliphatic heterocycles. The van der Waals surface area contributed by atoms with Crippen LogP contribution in [0.5, 0.6) is 0 Å². The molecule has 0 fully saturated rings. The van der Waals surface area contributed by atoms with Crippen LogP contribution < -0.4 is 5.32 Å². The van der Waals surface area contributed by atoms with Crippen LogP contribution in [0.3, 0.4) is 0 Å². The van der Waals surface area contributed by atoms with Gasteiger partial charge in [-0.3, -0.25) is 4.98 Å². The minimum atomic E-state index is 0.720. The normalized spacial score (nSPS) is 11.3. The van der Waals surface area contributed by atoms with Crippen LogP contribution in [0.25, 0.3) is 50.6 Å². The van der Waals surface area contributed by atoms with E-state index in [1.54, 1.807) is 12.2 Å². The monoisotopic (exact) mass is 619 g/mol. The van der Waals surface area contributed by atoms with Crippen LogP contribution in [-0.2, 0) is 0 Å². The van der Waals surface area contributed by atoms with Gasteiger partial charge in [0.1, 0.15) is 0 Å². The summed E-state index contributed by atoms with van der Waals surface area (Å²) in [5.74, 6) is 0. The highest BCUT2D eigenvalue weighted by Gasteiger charge is 2.10. The molecule has 0 unspecified atom stereocenters. The first-order chi connectivity index (χ1) is 23.5. The van der Waals surface area contributed by atoms with Crippen molar-refractivity contribution in [1.29, 1.82) is 5.41 Å². The van der Waals surface area contributed by atoms with Gasteiger partial charge in [0.25, 0.3) is 0 Å². The number of allylic oxidation sites excluding steroid dienone is 5.